The summed E-state index contributed by atoms with van der Waals surface area (Å²) in [7, 11) is -1.55. The van der Waals surface area contributed by atoms with E-state index < -0.39 is 10.0 Å². The van der Waals surface area contributed by atoms with Gasteiger partial charge in [-0.15, -0.1) is 0 Å². The maximum atomic E-state index is 13.5. The van der Waals surface area contributed by atoms with E-state index >= 15 is 0 Å². The summed E-state index contributed by atoms with van der Waals surface area (Å²) in [6.07, 6.45) is 2.17. The van der Waals surface area contributed by atoms with Crippen molar-refractivity contribution in [1.82, 2.24) is 4.90 Å². The zero-order valence-electron chi connectivity index (χ0n) is 18.8. The van der Waals surface area contributed by atoms with Gasteiger partial charge in [0, 0.05) is 19.6 Å². The molecule has 0 spiro atoms. The molecule has 0 radical (unpaired) electrons. The van der Waals surface area contributed by atoms with Crippen molar-refractivity contribution in [3.8, 4) is 5.75 Å². The number of hydrogen-bond acceptors (Lipinski definition) is 4. The van der Waals surface area contributed by atoms with Gasteiger partial charge in [-0.1, -0.05) is 31.5 Å². The summed E-state index contributed by atoms with van der Waals surface area (Å²) in [5.74, 6) is 0.929. The van der Waals surface area contributed by atoms with E-state index in [0.717, 1.165) is 48.5 Å². The Hall–Kier alpha value is -2.05. The van der Waals surface area contributed by atoms with Gasteiger partial charge in [-0.05, 0) is 75.5 Å². The van der Waals surface area contributed by atoms with Crippen molar-refractivity contribution in [1.29, 1.82) is 0 Å². The van der Waals surface area contributed by atoms with Crippen LogP contribution in [0.5, 0.6) is 5.75 Å². The molecule has 30 heavy (non-hydrogen) atoms. The topological polar surface area (TPSA) is 49.9 Å². The Morgan fingerprint density at radius 3 is 2.27 bits per heavy atom. The standard InChI is InChI=1S/C24H34N2O3S/c1-18(2)17-26(24-11-6-19(3)16-20(24)4)30(27,28)23-9-7-21(8-10-23)29-22-12-14-25(5)15-13-22/h6-11,16,18,22H,12-15,17H2,1-5H3. The summed E-state index contributed by atoms with van der Waals surface area (Å²) in [6.45, 7) is 10.5. The number of sulfonamides is 1. The third-order valence-electron chi connectivity index (χ3n) is 5.53. The number of hydrogen-bond donors (Lipinski definition) is 0. The smallest absolute Gasteiger partial charge is 0.264 e. The first-order chi connectivity index (χ1) is 14.2. The molecule has 0 atom stereocenters. The second-order valence-corrected chi connectivity index (χ2v) is 10.7. The quantitative estimate of drug-likeness (QED) is 0.643. The first-order valence-electron chi connectivity index (χ1n) is 10.7. The molecule has 0 saturated carbocycles. The van der Waals surface area contributed by atoms with E-state index in [4.69, 9.17) is 4.74 Å². The van der Waals surface area contributed by atoms with Gasteiger partial charge in [0.25, 0.3) is 10.0 Å². The molecule has 0 aliphatic carbocycles. The summed E-state index contributed by atoms with van der Waals surface area (Å²) < 4.78 is 34.7. The molecule has 1 saturated heterocycles. The number of nitrogens with zero attached hydrogens (tertiary/aromatic N) is 2. The van der Waals surface area contributed by atoms with E-state index in [2.05, 4.69) is 11.9 Å². The highest BCUT2D eigenvalue weighted by molar-refractivity contribution is 7.92. The molecule has 5 nitrogen and oxygen atoms in total. The Morgan fingerprint density at radius 1 is 1.07 bits per heavy atom. The van der Waals surface area contributed by atoms with Crippen LogP contribution in [0.15, 0.2) is 47.4 Å². The molecule has 1 aliphatic rings. The van der Waals surface area contributed by atoms with Crippen LogP contribution in [0.3, 0.4) is 0 Å². The van der Waals surface area contributed by atoms with Gasteiger partial charge in [0.15, 0.2) is 0 Å². The van der Waals surface area contributed by atoms with Crippen molar-refractivity contribution in [2.24, 2.45) is 5.92 Å². The number of aryl methyl sites for hydroxylation is 2. The largest absolute Gasteiger partial charge is 0.490 e. The van der Waals surface area contributed by atoms with Crippen LogP contribution in [0.2, 0.25) is 0 Å². The number of rotatable bonds is 7. The summed E-state index contributed by atoms with van der Waals surface area (Å²) in [5.41, 5.74) is 2.82. The Kier molecular flexibility index (Phi) is 7.09. The van der Waals surface area contributed by atoms with Crippen LogP contribution in [0.1, 0.15) is 37.8 Å². The van der Waals surface area contributed by atoms with E-state index in [-0.39, 0.29) is 12.0 Å². The van der Waals surface area contributed by atoms with Crippen molar-refractivity contribution in [3.63, 3.8) is 0 Å². The Balaban J connectivity index is 1.84. The van der Waals surface area contributed by atoms with Gasteiger partial charge in [0.1, 0.15) is 11.9 Å². The summed E-state index contributed by atoms with van der Waals surface area (Å²) in [6, 6.07) is 12.8. The van der Waals surface area contributed by atoms with Gasteiger partial charge in [0.05, 0.1) is 10.6 Å². The van der Waals surface area contributed by atoms with Crippen LogP contribution in [0, 0.1) is 19.8 Å². The van der Waals surface area contributed by atoms with Gasteiger partial charge in [0.2, 0.25) is 0 Å². The lowest BCUT2D eigenvalue weighted by Gasteiger charge is -2.29. The highest BCUT2D eigenvalue weighted by atomic mass is 32.2. The van der Waals surface area contributed by atoms with Gasteiger partial charge < -0.3 is 9.64 Å². The van der Waals surface area contributed by atoms with Crippen LogP contribution < -0.4 is 9.04 Å². The predicted octanol–water partition coefficient (Wildman–Crippen LogP) is 4.63. The van der Waals surface area contributed by atoms with Crippen LogP contribution in [0.4, 0.5) is 5.69 Å². The molecule has 164 valence electrons. The first kappa shape index (κ1) is 22.6. The fourth-order valence-electron chi connectivity index (χ4n) is 3.86. The van der Waals surface area contributed by atoms with Crippen molar-refractivity contribution >= 4 is 15.7 Å². The van der Waals surface area contributed by atoms with Crippen LogP contribution >= 0.6 is 0 Å². The molecule has 6 heteroatoms. The minimum absolute atomic E-state index is 0.191. The third kappa shape index (κ3) is 5.35. The minimum Gasteiger partial charge on any atom is -0.490 e. The average Bonchev–Trinajstić information content (AvgIpc) is 2.69. The average molecular weight is 431 g/mol. The molecular formula is C24H34N2O3S. The molecule has 0 bridgehead atoms. The highest BCUT2D eigenvalue weighted by Crippen LogP contribution is 2.30. The monoisotopic (exact) mass is 430 g/mol. The van der Waals surface area contributed by atoms with Gasteiger partial charge in [-0.25, -0.2) is 8.42 Å². The summed E-state index contributed by atoms with van der Waals surface area (Å²) in [4.78, 5) is 2.59. The molecule has 1 heterocycles. The molecular weight excluding hydrogens is 396 g/mol. The number of likely N-dealkylation sites (tertiary alicyclic amines) is 1. The fourth-order valence-corrected chi connectivity index (χ4v) is 5.55. The van der Waals surface area contributed by atoms with Crippen LogP contribution in [-0.4, -0.2) is 46.1 Å². The molecule has 0 amide bonds. The SMILES string of the molecule is Cc1ccc(N(CC(C)C)S(=O)(=O)c2ccc(OC3CCN(C)CC3)cc2)c(C)c1. The molecule has 2 aromatic rings. The van der Waals surface area contributed by atoms with E-state index in [1.54, 1.807) is 28.6 Å². The van der Waals surface area contributed by atoms with E-state index in [9.17, 15) is 8.42 Å². The second kappa shape index (κ2) is 9.40. The predicted molar refractivity (Wildman–Crippen MR) is 123 cm³/mol. The molecule has 1 aliphatic heterocycles. The minimum atomic E-state index is -3.67. The van der Waals surface area contributed by atoms with Crippen LogP contribution in [0.25, 0.3) is 0 Å². The van der Waals surface area contributed by atoms with Gasteiger partial charge >= 0.3 is 0 Å². The third-order valence-corrected chi connectivity index (χ3v) is 7.33. The first-order valence-corrected chi connectivity index (χ1v) is 12.2. The number of ether oxygens (including phenoxy) is 1. The Bertz CT molecular complexity index is 947. The van der Waals surface area contributed by atoms with Gasteiger partial charge in [-0.2, -0.15) is 0 Å². The second-order valence-electron chi connectivity index (χ2n) is 8.81. The van der Waals surface area contributed by atoms with Crippen molar-refractivity contribution in [2.45, 2.75) is 51.5 Å². The van der Waals surface area contributed by atoms with E-state index in [0.29, 0.717) is 11.4 Å². The highest BCUT2D eigenvalue weighted by Gasteiger charge is 2.27. The summed E-state index contributed by atoms with van der Waals surface area (Å²) >= 11 is 0. The maximum absolute atomic E-state index is 13.5. The molecule has 0 unspecified atom stereocenters. The van der Waals surface area contributed by atoms with E-state index in [1.807, 2.05) is 45.9 Å². The Morgan fingerprint density at radius 2 is 1.70 bits per heavy atom. The molecule has 0 aromatic heterocycles. The van der Waals surface area contributed by atoms with Crippen molar-refractivity contribution in [3.05, 3.63) is 53.6 Å². The van der Waals surface area contributed by atoms with Gasteiger partial charge in [-0.3, -0.25) is 4.31 Å². The van der Waals surface area contributed by atoms with Crippen molar-refractivity contribution in [2.75, 3.05) is 31.0 Å². The zero-order chi connectivity index (χ0) is 21.9. The lowest BCUT2D eigenvalue weighted by Crippen LogP contribution is -2.35. The molecule has 3 rings (SSSR count). The molecule has 2 aromatic carbocycles. The van der Waals surface area contributed by atoms with Crippen LogP contribution in [-0.2, 0) is 10.0 Å². The zero-order valence-corrected chi connectivity index (χ0v) is 19.6. The lowest BCUT2D eigenvalue weighted by molar-refractivity contribution is 0.114. The Labute approximate surface area is 181 Å². The summed E-state index contributed by atoms with van der Waals surface area (Å²) in [5, 5.41) is 0. The lowest BCUT2D eigenvalue weighted by atomic mass is 10.1. The normalized spacial score (nSPS) is 16.1. The van der Waals surface area contributed by atoms with E-state index in [1.165, 1.54) is 0 Å². The number of anilines is 1. The number of piperidine rings is 1. The number of benzene rings is 2. The molecule has 1 fully saturated rings. The van der Waals surface area contributed by atoms with Crippen molar-refractivity contribution < 1.29 is 13.2 Å². The molecule has 0 N–H and O–H groups in total. The maximum Gasteiger partial charge on any atom is 0.264 e. The fraction of sp³-hybridized carbons (Fsp3) is 0.500.